The van der Waals surface area contributed by atoms with Crippen molar-refractivity contribution in [3.05, 3.63) is 89.8 Å². The Hall–Kier alpha value is -5.94. The number of hydrogen-bond acceptors (Lipinski definition) is 11. The number of rotatable bonds is 13. The van der Waals surface area contributed by atoms with Gasteiger partial charge >= 0.3 is 5.97 Å². The van der Waals surface area contributed by atoms with Crippen LogP contribution in [0.3, 0.4) is 0 Å². The highest BCUT2D eigenvalue weighted by Gasteiger charge is 2.40. The Balaban J connectivity index is 0.00000446. The average Bonchev–Trinajstić information content (AvgIpc) is 3.98. The number of hydrogen-bond donors (Lipinski definition) is 2. The van der Waals surface area contributed by atoms with Crippen LogP contribution in [0, 0.1) is 17.3 Å². The molecule has 0 spiro atoms. The molecule has 0 saturated carbocycles. The number of esters is 1. The first-order chi connectivity index (χ1) is 34.5. The molecule has 4 aromatic rings. The molecule has 5 atom stereocenters. The minimum atomic E-state index is -1.06. The Labute approximate surface area is 427 Å². The number of likely N-dealkylation sites (N-methyl/N-ethyl adjacent to an activating group) is 1. The third-order valence-electron chi connectivity index (χ3n) is 15.0. The maximum absolute atomic E-state index is 14.8. The van der Waals surface area contributed by atoms with Crippen LogP contribution in [0.2, 0.25) is 0 Å². The van der Waals surface area contributed by atoms with Crippen LogP contribution in [0.4, 0.5) is 0 Å². The van der Waals surface area contributed by atoms with Gasteiger partial charge in [-0.15, -0.1) is 0 Å². The number of hydrazine groups is 1. The summed E-state index contributed by atoms with van der Waals surface area (Å²) in [5.74, 6) is -2.48. The van der Waals surface area contributed by atoms with Crippen LogP contribution < -0.4 is 10.7 Å². The molecule has 0 unspecified atom stereocenters. The van der Waals surface area contributed by atoms with E-state index < -0.39 is 47.2 Å². The fourth-order valence-corrected chi connectivity index (χ4v) is 11.0. The number of nitrogens with zero attached hydrogens (tertiary/aromatic N) is 6. The van der Waals surface area contributed by atoms with Crippen molar-refractivity contribution in [3.63, 3.8) is 0 Å². The van der Waals surface area contributed by atoms with Gasteiger partial charge in [0.2, 0.25) is 17.7 Å². The van der Waals surface area contributed by atoms with Crippen molar-refractivity contribution in [2.45, 2.75) is 111 Å². The zero-order valence-corrected chi connectivity index (χ0v) is 43.6. The minimum absolute atomic E-state index is 0. The van der Waals surface area contributed by atoms with Crippen LogP contribution in [0.25, 0.3) is 33.3 Å². The van der Waals surface area contributed by atoms with Gasteiger partial charge in [-0.3, -0.25) is 38.9 Å². The molecular formula is C56H78N8O8. The first-order valence-electron chi connectivity index (χ1n) is 25.7. The maximum Gasteiger partial charge on any atom is 0.324 e. The van der Waals surface area contributed by atoms with Gasteiger partial charge < -0.3 is 33.9 Å². The van der Waals surface area contributed by atoms with E-state index in [1.54, 1.807) is 38.4 Å². The zero-order valence-electron chi connectivity index (χ0n) is 43.6. The molecule has 16 heteroatoms. The Morgan fingerprint density at radius 3 is 2.53 bits per heavy atom. The van der Waals surface area contributed by atoms with Crippen molar-refractivity contribution < 1.29 is 41.0 Å². The van der Waals surface area contributed by atoms with Crippen molar-refractivity contribution in [2.24, 2.45) is 17.3 Å². The van der Waals surface area contributed by atoms with E-state index in [1.807, 2.05) is 45.0 Å². The summed E-state index contributed by atoms with van der Waals surface area (Å²) >= 11 is 0. The van der Waals surface area contributed by atoms with Crippen molar-refractivity contribution >= 4 is 40.5 Å². The molecule has 0 aliphatic carbocycles. The number of aryl methyl sites for hydroxylation is 1. The van der Waals surface area contributed by atoms with Crippen molar-refractivity contribution in [2.75, 3.05) is 67.1 Å². The number of methoxy groups -OCH3 is 2. The number of amides is 4. The number of carbonyl (C=O) groups is 5. The van der Waals surface area contributed by atoms with Crippen molar-refractivity contribution in [3.8, 4) is 22.4 Å². The van der Waals surface area contributed by atoms with Gasteiger partial charge in [0.15, 0.2) is 0 Å². The summed E-state index contributed by atoms with van der Waals surface area (Å²) in [6.07, 6.45) is 7.43. The van der Waals surface area contributed by atoms with Crippen LogP contribution in [-0.2, 0) is 57.6 Å². The molecule has 4 amide bonds. The normalized spacial score (nSPS) is 21.9. The van der Waals surface area contributed by atoms with Crippen LogP contribution >= 0.6 is 0 Å². The van der Waals surface area contributed by atoms with Gasteiger partial charge in [-0.05, 0) is 92.0 Å². The molecule has 3 saturated heterocycles. The number of likely N-dealkylation sites (tertiary alicyclic amines) is 2. The second kappa shape index (κ2) is 22.4. The van der Waals surface area contributed by atoms with Gasteiger partial charge in [0.25, 0.3) is 5.91 Å². The molecule has 16 nitrogen and oxygen atoms in total. The number of carbonyl (C=O) groups excluding carboxylic acids is 5. The summed E-state index contributed by atoms with van der Waals surface area (Å²) in [6.45, 7) is 16.3. The van der Waals surface area contributed by atoms with Gasteiger partial charge in [-0.25, -0.2) is 5.43 Å². The Morgan fingerprint density at radius 2 is 1.79 bits per heavy atom. The summed E-state index contributed by atoms with van der Waals surface area (Å²) in [7, 11) is 5.02. The number of cyclic esters (lactones) is 1. The second-order valence-corrected chi connectivity index (χ2v) is 21.2. The lowest BCUT2D eigenvalue weighted by Crippen LogP contribution is -2.62. The number of benzene rings is 2. The molecule has 6 bridgehead atoms. The lowest BCUT2D eigenvalue weighted by Gasteiger charge is -2.37. The lowest BCUT2D eigenvalue weighted by molar-refractivity contribution is -0.155. The largest absolute Gasteiger partial charge is 0.464 e. The van der Waals surface area contributed by atoms with E-state index in [0.717, 1.165) is 63.2 Å². The third kappa shape index (κ3) is 11.3. The lowest BCUT2D eigenvalue weighted by atomic mass is 9.84. The number of fused-ring (bicyclic) bond motifs is 6. The first kappa shape index (κ1) is 52.4. The summed E-state index contributed by atoms with van der Waals surface area (Å²) in [4.78, 5) is 81.0. The van der Waals surface area contributed by atoms with Crippen LogP contribution in [0.5, 0.6) is 0 Å². The molecule has 72 heavy (non-hydrogen) atoms. The summed E-state index contributed by atoms with van der Waals surface area (Å²) < 4.78 is 19.7. The molecule has 3 fully saturated rings. The SMILES string of the molecule is CCn1c(-c2cccnc2[C@H](C)OC)c2c3cc(ccc31)-c1cccc(c1)C[C@H](NC(=O)[C@H](C(C)C)N(C)C(=O)[C@H]1CCN(C(=O)/C=C/CN3CC(OC)C3)C1)C(=O)N1CCC[C@H](N1)C(=O)OCC(C)(C)C2.[HH].[HH]. The van der Waals surface area contributed by atoms with Gasteiger partial charge in [0, 0.05) is 111 Å². The molecule has 2 aromatic heterocycles. The highest BCUT2D eigenvalue weighted by Crippen LogP contribution is 2.42. The van der Waals surface area contributed by atoms with Crippen molar-refractivity contribution in [1.82, 2.24) is 40.0 Å². The topological polar surface area (TPSA) is 168 Å². The van der Waals surface area contributed by atoms with E-state index in [-0.39, 0.29) is 52.4 Å². The number of ether oxygens (including phenoxy) is 3. The van der Waals surface area contributed by atoms with Crippen LogP contribution in [0.1, 0.15) is 86.6 Å². The van der Waals surface area contributed by atoms with Crippen LogP contribution in [0.15, 0.2) is 72.9 Å². The standard InChI is InChI=1S/C56H74N8O8.2H2/c1-10-63-47-21-20-39-29-43(47)44(51(63)42-17-12-23-57-49(42)36(4)70-8)30-56(5,6)34-72-55(69)45-18-13-25-64(59-45)54(68)46(28-37-15-11-16-38(39)27-37)58-52(66)50(35(2)3)60(7)53(67)40-22-26-62(31-40)48(65)19-14-24-61-32-41(33-61)71-9;;/h11-12,14-17,19-21,23,27,29,35-36,40-41,45-46,50,59H,10,13,18,22,24-26,28,30-34H2,1-9H3,(H,58,66);2*1H/b19-14+;;/t36-,40-,45-,46-,50-;;/m0../s1. The monoisotopic (exact) mass is 991 g/mol. The Kier molecular flexibility index (Phi) is 16.3. The molecule has 6 heterocycles. The van der Waals surface area contributed by atoms with E-state index >= 15 is 0 Å². The quantitative estimate of drug-likeness (QED) is 0.112. The average molecular weight is 991 g/mol. The zero-order chi connectivity index (χ0) is 51.4. The second-order valence-electron chi connectivity index (χ2n) is 21.2. The molecule has 4 aliphatic heterocycles. The van der Waals surface area contributed by atoms with Crippen molar-refractivity contribution in [1.29, 1.82) is 0 Å². The van der Waals surface area contributed by atoms with E-state index in [9.17, 15) is 24.0 Å². The predicted molar refractivity (Wildman–Crippen MR) is 280 cm³/mol. The van der Waals surface area contributed by atoms with Gasteiger partial charge in [-0.2, -0.15) is 0 Å². The van der Waals surface area contributed by atoms with Gasteiger partial charge in [0.05, 0.1) is 36.1 Å². The van der Waals surface area contributed by atoms with E-state index in [1.165, 1.54) is 9.91 Å². The summed E-state index contributed by atoms with van der Waals surface area (Å²) in [5.41, 5.74) is 10.5. The fourth-order valence-electron chi connectivity index (χ4n) is 11.0. The number of aromatic nitrogens is 2. The summed E-state index contributed by atoms with van der Waals surface area (Å²) in [6, 6.07) is 15.9. The van der Waals surface area contributed by atoms with E-state index in [0.29, 0.717) is 51.9 Å². The molecule has 2 N–H and O–H groups in total. The first-order valence-corrected chi connectivity index (χ1v) is 25.7. The van der Waals surface area contributed by atoms with Gasteiger partial charge in [0.1, 0.15) is 18.1 Å². The summed E-state index contributed by atoms with van der Waals surface area (Å²) in [5, 5.41) is 5.61. The maximum atomic E-state index is 14.8. The smallest absolute Gasteiger partial charge is 0.324 e. The van der Waals surface area contributed by atoms with Gasteiger partial charge in [-0.1, -0.05) is 64.1 Å². The van der Waals surface area contributed by atoms with E-state index in [4.69, 9.17) is 19.2 Å². The fraction of sp³-hybridized carbons (Fsp3) is 0.536. The van der Waals surface area contributed by atoms with E-state index in [2.05, 4.69) is 77.4 Å². The highest BCUT2D eigenvalue weighted by molar-refractivity contribution is 5.96. The molecule has 2 aromatic carbocycles. The molecule has 0 radical (unpaired) electrons. The Morgan fingerprint density at radius 1 is 1.01 bits per heavy atom. The molecular weight excluding hydrogens is 913 g/mol. The number of pyridine rings is 1. The highest BCUT2D eigenvalue weighted by atomic mass is 16.5. The number of nitrogens with one attached hydrogen (secondary N) is 2. The molecule has 8 rings (SSSR count). The minimum Gasteiger partial charge on any atom is -0.464 e. The molecule has 390 valence electrons. The van der Waals surface area contributed by atoms with Crippen LogP contribution in [-0.4, -0.2) is 150 Å². The third-order valence-corrected chi connectivity index (χ3v) is 15.0. The molecule has 4 aliphatic rings. The predicted octanol–water partition coefficient (Wildman–Crippen LogP) is 6.46. The Bertz CT molecular complexity index is 2690.